The summed E-state index contributed by atoms with van der Waals surface area (Å²) in [5, 5.41) is 8.90. The Morgan fingerprint density at radius 1 is 0.947 bits per heavy atom. The molecule has 2 bridgehead atoms. The van der Waals surface area contributed by atoms with Crippen LogP contribution in [0.1, 0.15) is 45.8 Å². The Labute approximate surface area is 218 Å². The van der Waals surface area contributed by atoms with Gasteiger partial charge in [-0.3, -0.25) is 9.69 Å². The van der Waals surface area contributed by atoms with Gasteiger partial charge in [0.2, 0.25) is 0 Å². The number of piperidine rings is 1. The third-order valence-electron chi connectivity index (χ3n) is 7.88. The van der Waals surface area contributed by atoms with Gasteiger partial charge >= 0.3 is 6.09 Å². The molecular formula is C30H24F2N2O4. The number of amides is 1. The molecule has 1 amide bonds. The highest BCUT2D eigenvalue weighted by Crippen LogP contribution is 2.44. The number of fused-ring (bicyclic) bond motifs is 5. The van der Waals surface area contributed by atoms with Crippen molar-refractivity contribution < 1.29 is 27.8 Å². The second-order valence-electron chi connectivity index (χ2n) is 10.0. The average Bonchev–Trinajstić information content (AvgIpc) is 3.24. The Kier molecular flexibility index (Phi) is 6.16. The first-order chi connectivity index (χ1) is 18.5. The summed E-state index contributed by atoms with van der Waals surface area (Å²) in [6, 6.07) is 18.7. The van der Waals surface area contributed by atoms with E-state index in [-0.39, 0.29) is 43.4 Å². The Balaban J connectivity index is 1.17. The molecule has 3 aromatic carbocycles. The van der Waals surface area contributed by atoms with Crippen LogP contribution in [0.3, 0.4) is 0 Å². The van der Waals surface area contributed by atoms with Crippen LogP contribution < -0.4 is 0 Å². The number of Topliss-reactive ketones (excluding diaryl/α,β-unsaturated/α-hetero) is 1. The van der Waals surface area contributed by atoms with E-state index in [1.165, 1.54) is 6.07 Å². The number of nitriles is 1. The second kappa shape index (κ2) is 9.66. The Bertz CT molecular complexity index is 1400. The van der Waals surface area contributed by atoms with Crippen molar-refractivity contribution in [1.29, 1.82) is 5.26 Å². The molecular weight excluding hydrogens is 490 g/mol. The number of benzene rings is 3. The molecule has 2 atom stereocenters. The number of carbonyl (C=O) groups is 2. The molecule has 2 heterocycles. The predicted octanol–water partition coefficient (Wildman–Crippen LogP) is 5.45. The van der Waals surface area contributed by atoms with Crippen molar-refractivity contribution in [3.63, 3.8) is 0 Å². The zero-order valence-corrected chi connectivity index (χ0v) is 20.4. The van der Waals surface area contributed by atoms with Gasteiger partial charge in [0.05, 0.1) is 25.3 Å². The number of ether oxygens (including phenoxy) is 2. The quantitative estimate of drug-likeness (QED) is 0.433. The highest BCUT2D eigenvalue weighted by atomic mass is 19.1. The largest absolute Gasteiger partial charge is 0.448 e. The van der Waals surface area contributed by atoms with Crippen LogP contribution in [-0.4, -0.2) is 48.7 Å². The Hall–Kier alpha value is -4.09. The molecule has 2 saturated heterocycles. The molecule has 0 N–H and O–H groups in total. The van der Waals surface area contributed by atoms with Crippen molar-refractivity contribution >= 4 is 11.9 Å². The van der Waals surface area contributed by atoms with Gasteiger partial charge in [-0.2, -0.15) is 5.26 Å². The van der Waals surface area contributed by atoms with Gasteiger partial charge in [0.15, 0.2) is 5.78 Å². The normalized spacial score (nSPS) is 21.8. The number of hydrogen-bond acceptors (Lipinski definition) is 5. The van der Waals surface area contributed by atoms with E-state index in [9.17, 15) is 18.4 Å². The lowest BCUT2D eigenvalue weighted by Crippen LogP contribution is -2.60. The summed E-state index contributed by atoms with van der Waals surface area (Å²) in [5.41, 5.74) is 3.70. The fraction of sp³-hybridized carbons (Fsp3) is 0.300. The minimum atomic E-state index is -1.06. The maximum absolute atomic E-state index is 14.1. The van der Waals surface area contributed by atoms with Crippen LogP contribution >= 0.6 is 0 Å². The lowest BCUT2D eigenvalue weighted by molar-refractivity contribution is -0.0747. The number of ketones is 1. The van der Waals surface area contributed by atoms with E-state index in [1.54, 1.807) is 4.90 Å². The van der Waals surface area contributed by atoms with Crippen LogP contribution in [0, 0.1) is 28.9 Å². The zero-order chi connectivity index (χ0) is 26.4. The molecule has 2 fully saturated rings. The van der Waals surface area contributed by atoms with Crippen LogP contribution in [0.2, 0.25) is 0 Å². The minimum absolute atomic E-state index is 0.0669. The maximum atomic E-state index is 14.1. The van der Waals surface area contributed by atoms with E-state index < -0.39 is 35.0 Å². The van der Waals surface area contributed by atoms with Gasteiger partial charge in [-0.15, -0.1) is 0 Å². The van der Waals surface area contributed by atoms with E-state index in [0.717, 1.165) is 34.4 Å². The van der Waals surface area contributed by atoms with E-state index in [4.69, 9.17) is 14.7 Å². The monoisotopic (exact) mass is 514 g/mol. The van der Waals surface area contributed by atoms with Crippen molar-refractivity contribution in [2.45, 2.75) is 30.8 Å². The van der Waals surface area contributed by atoms with Crippen LogP contribution in [-0.2, 0) is 9.47 Å². The van der Waals surface area contributed by atoms with E-state index in [2.05, 4.69) is 24.3 Å². The molecule has 1 aliphatic carbocycles. The molecule has 192 valence electrons. The van der Waals surface area contributed by atoms with Crippen LogP contribution in [0.4, 0.5) is 13.6 Å². The topological polar surface area (TPSA) is 79.6 Å². The molecule has 0 saturated carbocycles. The van der Waals surface area contributed by atoms with E-state index in [0.29, 0.717) is 12.8 Å². The van der Waals surface area contributed by atoms with Gasteiger partial charge in [0.1, 0.15) is 29.9 Å². The first kappa shape index (κ1) is 24.3. The van der Waals surface area contributed by atoms with Gasteiger partial charge < -0.3 is 9.47 Å². The summed E-state index contributed by atoms with van der Waals surface area (Å²) in [7, 11) is 0. The lowest BCUT2D eigenvalue weighted by atomic mass is 9.80. The van der Waals surface area contributed by atoms with E-state index >= 15 is 0 Å². The van der Waals surface area contributed by atoms with Gasteiger partial charge in [-0.1, -0.05) is 48.5 Å². The smallest absolute Gasteiger partial charge is 0.410 e. The fourth-order valence-electron chi connectivity index (χ4n) is 6.15. The molecule has 0 aromatic heterocycles. The van der Waals surface area contributed by atoms with Gasteiger partial charge in [0.25, 0.3) is 0 Å². The molecule has 3 aliphatic rings. The molecule has 0 spiro atoms. The molecule has 3 aromatic rings. The molecule has 2 aliphatic heterocycles. The number of nitrogens with zero attached hydrogens (tertiary/aromatic N) is 2. The summed E-state index contributed by atoms with van der Waals surface area (Å²) >= 11 is 0. The molecule has 38 heavy (non-hydrogen) atoms. The van der Waals surface area contributed by atoms with Crippen molar-refractivity contribution in [1.82, 2.24) is 4.90 Å². The van der Waals surface area contributed by atoms with Crippen LogP contribution in [0.5, 0.6) is 0 Å². The van der Waals surface area contributed by atoms with Gasteiger partial charge in [-0.25, -0.2) is 13.6 Å². The van der Waals surface area contributed by atoms with Crippen molar-refractivity contribution in [2.24, 2.45) is 5.92 Å². The number of morpholine rings is 1. The third-order valence-corrected chi connectivity index (χ3v) is 7.88. The summed E-state index contributed by atoms with van der Waals surface area (Å²) in [5.74, 6) is -3.12. The summed E-state index contributed by atoms with van der Waals surface area (Å²) in [6.45, 7) is 0.691. The minimum Gasteiger partial charge on any atom is -0.448 e. The fourth-order valence-corrected chi connectivity index (χ4v) is 6.15. The summed E-state index contributed by atoms with van der Waals surface area (Å²) < 4.78 is 39.8. The molecule has 8 heteroatoms. The standard InChI is InChI=1S/C30H24F2N2O4/c31-27-11-18(12-28(32)25(27)13-33)29(35)17-9-19-14-37-15-20(10-17)34(19)30(36)38-16-26-23-7-3-1-5-21(23)22-6-2-4-8-24(22)26/h1-8,11-12,17,19-20,26H,9-10,14-16H2. The first-order valence-electron chi connectivity index (χ1n) is 12.6. The van der Waals surface area contributed by atoms with E-state index in [1.807, 2.05) is 24.3 Å². The van der Waals surface area contributed by atoms with Crippen LogP contribution in [0.25, 0.3) is 11.1 Å². The van der Waals surface area contributed by atoms with Crippen LogP contribution in [0.15, 0.2) is 60.7 Å². The summed E-state index contributed by atoms with van der Waals surface area (Å²) in [6.07, 6.45) is 0.137. The summed E-state index contributed by atoms with van der Waals surface area (Å²) in [4.78, 5) is 28.2. The highest BCUT2D eigenvalue weighted by molar-refractivity contribution is 5.98. The van der Waals surface area contributed by atoms with Crippen molar-refractivity contribution in [3.05, 3.63) is 94.6 Å². The van der Waals surface area contributed by atoms with Gasteiger partial charge in [0, 0.05) is 17.4 Å². The predicted molar refractivity (Wildman–Crippen MR) is 133 cm³/mol. The zero-order valence-electron chi connectivity index (χ0n) is 20.4. The van der Waals surface area contributed by atoms with Crippen molar-refractivity contribution in [3.8, 4) is 17.2 Å². The number of halogens is 2. The highest BCUT2D eigenvalue weighted by Gasteiger charge is 2.45. The number of rotatable bonds is 4. The van der Waals surface area contributed by atoms with Crippen molar-refractivity contribution in [2.75, 3.05) is 19.8 Å². The molecule has 2 unspecified atom stereocenters. The Morgan fingerprint density at radius 2 is 1.50 bits per heavy atom. The second-order valence-corrected chi connectivity index (χ2v) is 10.0. The number of hydrogen-bond donors (Lipinski definition) is 0. The maximum Gasteiger partial charge on any atom is 0.410 e. The molecule has 6 nitrogen and oxygen atoms in total. The molecule has 6 rings (SSSR count). The average molecular weight is 515 g/mol. The third kappa shape index (κ3) is 4.04. The number of carbonyl (C=O) groups excluding carboxylic acids is 2. The SMILES string of the molecule is N#Cc1c(F)cc(C(=O)C2CC3COCC(C2)N3C(=O)OCC2c3ccccc3-c3ccccc32)cc1F. The lowest BCUT2D eigenvalue weighted by Gasteiger charge is -2.47. The molecule has 0 radical (unpaired) electrons. The van der Waals surface area contributed by atoms with Gasteiger partial charge in [-0.05, 0) is 47.2 Å². The first-order valence-corrected chi connectivity index (χ1v) is 12.6. The Morgan fingerprint density at radius 3 is 2.05 bits per heavy atom.